The van der Waals surface area contributed by atoms with Crippen LogP contribution < -0.4 is 20.1 Å². The molecule has 3 aromatic carbocycles. The van der Waals surface area contributed by atoms with Crippen molar-refractivity contribution in [2.24, 2.45) is 0 Å². The third kappa shape index (κ3) is 5.61. The molecule has 0 saturated carbocycles. The Bertz CT molecular complexity index is 920. The van der Waals surface area contributed by atoms with Crippen molar-refractivity contribution in [3.63, 3.8) is 0 Å². The van der Waals surface area contributed by atoms with E-state index in [1.807, 2.05) is 48.5 Å². The van der Waals surface area contributed by atoms with Gasteiger partial charge in [-0.25, -0.2) is 0 Å². The summed E-state index contributed by atoms with van der Waals surface area (Å²) in [5, 5.41) is 5.73. The molecule has 0 radical (unpaired) electrons. The van der Waals surface area contributed by atoms with Crippen molar-refractivity contribution in [1.82, 2.24) is 10.6 Å². The largest absolute Gasteiger partial charge is 0.497 e. The van der Waals surface area contributed by atoms with Crippen LogP contribution in [0.5, 0.6) is 11.5 Å². The standard InChI is InChI=1S/C24H24N2O4/c1-29-21-10-6-17(7-11-21)15-25-23(27)19-4-3-5-20(14-19)24(28)26-16-18-8-12-22(30-2)13-9-18/h3-14H,15-16H2,1-2H3,(H,25,27)(H,26,28). The number of carbonyl (C=O) groups excluding carboxylic acids is 2. The summed E-state index contributed by atoms with van der Waals surface area (Å²) in [6.45, 7) is 0.771. The summed E-state index contributed by atoms with van der Waals surface area (Å²) in [4.78, 5) is 25.0. The summed E-state index contributed by atoms with van der Waals surface area (Å²) < 4.78 is 10.3. The van der Waals surface area contributed by atoms with E-state index in [1.54, 1.807) is 38.5 Å². The van der Waals surface area contributed by atoms with Gasteiger partial charge in [0.25, 0.3) is 11.8 Å². The highest BCUT2D eigenvalue weighted by Gasteiger charge is 2.10. The molecule has 6 heteroatoms. The van der Waals surface area contributed by atoms with Gasteiger partial charge in [0, 0.05) is 24.2 Å². The van der Waals surface area contributed by atoms with Crippen LogP contribution in [-0.2, 0) is 13.1 Å². The Hall–Kier alpha value is -3.80. The van der Waals surface area contributed by atoms with Gasteiger partial charge in [-0.3, -0.25) is 9.59 Å². The molecule has 154 valence electrons. The molecule has 0 aromatic heterocycles. The molecular weight excluding hydrogens is 380 g/mol. The quantitative estimate of drug-likeness (QED) is 0.602. The van der Waals surface area contributed by atoms with Crippen LogP contribution in [-0.4, -0.2) is 26.0 Å². The molecule has 0 heterocycles. The molecule has 2 N–H and O–H groups in total. The second-order valence-corrected chi connectivity index (χ2v) is 6.64. The van der Waals surface area contributed by atoms with Crippen LogP contribution in [0.3, 0.4) is 0 Å². The molecule has 0 aliphatic heterocycles. The molecule has 3 rings (SSSR count). The lowest BCUT2D eigenvalue weighted by Crippen LogP contribution is -2.25. The van der Waals surface area contributed by atoms with E-state index >= 15 is 0 Å². The molecule has 0 fully saturated rings. The van der Waals surface area contributed by atoms with Crippen molar-refractivity contribution in [2.45, 2.75) is 13.1 Å². The fourth-order valence-corrected chi connectivity index (χ4v) is 2.86. The Kier molecular flexibility index (Phi) is 7.05. The van der Waals surface area contributed by atoms with Crippen LogP contribution >= 0.6 is 0 Å². The number of hydrogen-bond acceptors (Lipinski definition) is 4. The van der Waals surface area contributed by atoms with Crippen molar-refractivity contribution in [2.75, 3.05) is 14.2 Å². The predicted molar refractivity (Wildman–Crippen MR) is 115 cm³/mol. The van der Waals surface area contributed by atoms with Gasteiger partial charge in [-0.15, -0.1) is 0 Å². The number of rotatable bonds is 8. The molecule has 0 bridgehead atoms. The molecule has 0 saturated heterocycles. The third-order valence-electron chi connectivity index (χ3n) is 4.61. The number of hydrogen-bond donors (Lipinski definition) is 2. The normalized spacial score (nSPS) is 10.2. The second-order valence-electron chi connectivity index (χ2n) is 6.64. The lowest BCUT2D eigenvalue weighted by atomic mass is 10.1. The zero-order valence-electron chi connectivity index (χ0n) is 17.0. The van der Waals surface area contributed by atoms with Crippen LogP contribution in [0.1, 0.15) is 31.8 Å². The van der Waals surface area contributed by atoms with Crippen molar-refractivity contribution in [1.29, 1.82) is 0 Å². The highest BCUT2D eigenvalue weighted by atomic mass is 16.5. The first-order valence-electron chi connectivity index (χ1n) is 9.51. The third-order valence-corrected chi connectivity index (χ3v) is 4.61. The second kappa shape index (κ2) is 10.1. The number of carbonyl (C=O) groups is 2. The lowest BCUT2D eigenvalue weighted by molar-refractivity contribution is 0.0950. The summed E-state index contributed by atoms with van der Waals surface area (Å²) in [6.07, 6.45) is 0. The van der Waals surface area contributed by atoms with E-state index in [9.17, 15) is 9.59 Å². The maximum Gasteiger partial charge on any atom is 0.251 e. The molecule has 30 heavy (non-hydrogen) atoms. The van der Waals surface area contributed by atoms with Gasteiger partial charge in [-0.05, 0) is 53.6 Å². The molecule has 3 aromatic rings. The average Bonchev–Trinajstić information content (AvgIpc) is 2.81. The van der Waals surface area contributed by atoms with Crippen LogP contribution in [0, 0.1) is 0 Å². The Morgan fingerprint density at radius 3 is 1.43 bits per heavy atom. The van der Waals surface area contributed by atoms with Gasteiger partial charge in [-0.2, -0.15) is 0 Å². The smallest absolute Gasteiger partial charge is 0.251 e. The summed E-state index contributed by atoms with van der Waals surface area (Å²) in [5.74, 6) is 1.04. The van der Waals surface area contributed by atoms with E-state index in [0.717, 1.165) is 22.6 Å². The monoisotopic (exact) mass is 404 g/mol. The van der Waals surface area contributed by atoms with E-state index in [1.165, 1.54) is 0 Å². The van der Waals surface area contributed by atoms with E-state index in [4.69, 9.17) is 9.47 Å². The molecule has 0 unspecified atom stereocenters. The number of ether oxygens (including phenoxy) is 2. The minimum atomic E-state index is -0.240. The molecule has 2 amide bonds. The SMILES string of the molecule is COc1ccc(CNC(=O)c2cccc(C(=O)NCc3ccc(OC)cc3)c2)cc1. The Labute approximate surface area is 175 Å². The summed E-state index contributed by atoms with van der Waals surface area (Å²) >= 11 is 0. The molecule has 0 aliphatic rings. The van der Waals surface area contributed by atoms with Crippen molar-refractivity contribution < 1.29 is 19.1 Å². The first kappa shape index (κ1) is 20.9. The van der Waals surface area contributed by atoms with Crippen molar-refractivity contribution in [3.8, 4) is 11.5 Å². The van der Waals surface area contributed by atoms with Gasteiger partial charge in [0.2, 0.25) is 0 Å². The number of benzene rings is 3. The molecular formula is C24H24N2O4. The van der Waals surface area contributed by atoms with Crippen molar-refractivity contribution >= 4 is 11.8 Å². The Morgan fingerprint density at radius 2 is 1.07 bits per heavy atom. The lowest BCUT2D eigenvalue weighted by Gasteiger charge is -2.09. The van der Waals surface area contributed by atoms with E-state index < -0.39 is 0 Å². The molecule has 0 aliphatic carbocycles. The number of nitrogens with one attached hydrogen (secondary N) is 2. The fraction of sp³-hybridized carbons (Fsp3) is 0.167. The van der Waals surface area contributed by atoms with Crippen molar-refractivity contribution in [3.05, 3.63) is 95.1 Å². The highest BCUT2D eigenvalue weighted by Crippen LogP contribution is 2.13. The van der Waals surface area contributed by atoms with Gasteiger partial charge in [-0.1, -0.05) is 30.3 Å². The highest BCUT2D eigenvalue weighted by molar-refractivity contribution is 5.99. The van der Waals surface area contributed by atoms with Crippen LogP contribution in [0.4, 0.5) is 0 Å². The summed E-state index contributed by atoms with van der Waals surface area (Å²) in [6, 6.07) is 21.6. The van der Waals surface area contributed by atoms with Gasteiger partial charge >= 0.3 is 0 Å². The Morgan fingerprint density at radius 1 is 0.667 bits per heavy atom. The zero-order chi connectivity index (χ0) is 21.3. The predicted octanol–water partition coefficient (Wildman–Crippen LogP) is 3.56. The molecule has 6 nitrogen and oxygen atoms in total. The maximum absolute atomic E-state index is 12.5. The molecule has 0 spiro atoms. The topological polar surface area (TPSA) is 76.7 Å². The number of methoxy groups -OCH3 is 2. The van der Waals surface area contributed by atoms with Gasteiger partial charge in [0.15, 0.2) is 0 Å². The van der Waals surface area contributed by atoms with Crippen LogP contribution in [0.2, 0.25) is 0 Å². The first-order valence-corrected chi connectivity index (χ1v) is 9.51. The fourth-order valence-electron chi connectivity index (χ4n) is 2.86. The van der Waals surface area contributed by atoms with E-state index in [0.29, 0.717) is 24.2 Å². The Balaban J connectivity index is 1.56. The van der Waals surface area contributed by atoms with Gasteiger partial charge < -0.3 is 20.1 Å². The first-order chi connectivity index (χ1) is 14.6. The summed E-state index contributed by atoms with van der Waals surface area (Å²) in [7, 11) is 3.22. The van der Waals surface area contributed by atoms with Crippen LogP contribution in [0.25, 0.3) is 0 Å². The number of amides is 2. The minimum Gasteiger partial charge on any atom is -0.497 e. The zero-order valence-corrected chi connectivity index (χ0v) is 17.0. The average molecular weight is 404 g/mol. The summed E-state index contributed by atoms with van der Waals surface area (Å²) in [5.41, 5.74) is 2.77. The van der Waals surface area contributed by atoms with Crippen LogP contribution in [0.15, 0.2) is 72.8 Å². The molecule has 0 atom stereocenters. The van der Waals surface area contributed by atoms with Gasteiger partial charge in [0.1, 0.15) is 11.5 Å². The van der Waals surface area contributed by atoms with E-state index in [2.05, 4.69) is 10.6 Å². The minimum absolute atomic E-state index is 0.240. The van der Waals surface area contributed by atoms with E-state index in [-0.39, 0.29) is 11.8 Å². The van der Waals surface area contributed by atoms with Gasteiger partial charge in [0.05, 0.1) is 14.2 Å². The maximum atomic E-state index is 12.5.